The molecule has 0 bridgehead atoms. The number of hydrogen-bond donors (Lipinski definition) is 2. The molecule has 0 radical (unpaired) electrons. The molecule has 0 fully saturated rings. The van der Waals surface area contributed by atoms with Gasteiger partial charge in [-0.15, -0.1) is 0 Å². The Kier molecular flexibility index (Phi) is 8.86. The highest BCUT2D eigenvalue weighted by atomic mass is 79.9. The van der Waals surface area contributed by atoms with Crippen molar-refractivity contribution >= 4 is 55.7 Å². The summed E-state index contributed by atoms with van der Waals surface area (Å²) < 4.78 is 11.6. The second kappa shape index (κ2) is 11.1. The standard InChI is InChI=1S/C21H22Br2N2O5/c1-4-29-21(28)18(12(2)3)25-19(26)15(11-13-5-7-14(22)8-6-13)24-20(27)16-9-10-17(23)30-16/h5-12,18H,4H2,1-3H3,(H,24,27)(H,25,26)/b15-11-/t18-/m0/s1. The first-order chi connectivity index (χ1) is 14.2. The molecular weight excluding hydrogens is 520 g/mol. The lowest BCUT2D eigenvalue weighted by Gasteiger charge is -2.21. The van der Waals surface area contributed by atoms with Crippen LogP contribution >= 0.6 is 31.9 Å². The van der Waals surface area contributed by atoms with Crippen molar-refractivity contribution in [3.8, 4) is 0 Å². The molecule has 2 amide bonds. The Morgan fingerprint density at radius 3 is 2.30 bits per heavy atom. The Balaban J connectivity index is 2.31. The molecule has 0 aliphatic carbocycles. The van der Waals surface area contributed by atoms with Crippen LogP contribution in [0.15, 0.2) is 55.7 Å². The summed E-state index contributed by atoms with van der Waals surface area (Å²) in [4.78, 5) is 37.7. The number of carbonyl (C=O) groups is 3. The van der Waals surface area contributed by atoms with E-state index in [1.165, 1.54) is 12.1 Å². The number of esters is 1. The highest BCUT2D eigenvalue weighted by Gasteiger charge is 2.27. The van der Waals surface area contributed by atoms with Crippen molar-refractivity contribution in [3.63, 3.8) is 0 Å². The molecule has 160 valence electrons. The highest BCUT2D eigenvalue weighted by Crippen LogP contribution is 2.16. The zero-order valence-electron chi connectivity index (χ0n) is 16.7. The van der Waals surface area contributed by atoms with Gasteiger partial charge in [-0.1, -0.05) is 41.9 Å². The van der Waals surface area contributed by atoms with Crippen molar-refractivity contribution in [3.05, 3.63) is 62.6 Å². The van der Waals surface area contributed by atoms with Crippen LogP contribution in [-0.2, 0) is 14.3 Å². The molecule has 0 unspecified atom stereocenters. The summed E-state index contributed by atoms with van der Waals surface area (Å²) in [5.41, 5.74) is 0.645. The van der Waals surface area contributed by atoms with Gasteiger partial charge in [0.1, 0.15) is 11.7 Å². The third kappa shape index (κ3) is 6.84. The summed E-state index contributed by atoms with van der Waals surface area (Å²) in [6, 6.07) is 9.36. The number of carbonyl (C=O) groups excluding carboxylic acids is 3. The monoisotopic (exact) mass is 540 g/mol. The van der Waals surface area contributed by atoms with Gasteiger partial charge in [-0.2, -0.15) is 0 Å². The van der Waals surface area contributed by atoms with Crippen molar-refractivity contribution in [2.24, 2.45) is 5.92 Å². The number of benzene rings is 1. The minimum Gasteiger partial charge on any atom is -0.464 e. The SMILES string of the molecule is CCOC(=O)[C@@H](NC(=O)/C(=C/c1ccc(Br)cc1)NC(=O)c1ccc(Br)o1)C(C)C. The van der Waals surface area contributed by atoms with Gasteiger partial charge in [0.15, 0.2) is 10.4 Å². The van der Waals surface area contributed by atoms with E-state index in [1.807, 2.05) is 12.1 Å². The van der Waals surface area contributed by atoms with Crippen LogP contribution in [0, 0.1) is 5.92 Å². The number of furan rings is 1. The van der Waals surface area contributed by atoms with Crippen molar-refractivity contribution in [2.75, 3.05) is 6.61 Å². The molecule has 2 rings (SSSR count). The Morgan fingerprint density at radius 1 is 1.10 bits per heavy atom. The number of hydrogen-bond acceptors (Lipinski definition) is 5. The summed E-state index contributed by atoms with van der Waals surface area (Å²) in [6.07, 6.45) is 1.51. The van der Waals surface area contributed by atoms with E-state index < -0.39 is 23.8 Å². The van der Waals surface area contributed by atoms with Crippen LogP contribution < -0.4 is 10.6 Å². The summed E-state index contributed by atoms with van der Waals surface area (Å²) in [5, 5.41) is 5.21. The van der Waals surface area contributed by atoms with Crippen LogP contribution in [0.2, 0.25) is 0 Å². The van der Waals surface area contributed by atoms with Crippen LogP contribution in [0.5, 0.6) is 0 Å². The van der Waals surface area contributed by atoms with E-state index in [1.54, 1.807) is 39.0 Å². The summed E-state index contributed by atoms with van der Waals surface area (Å²) in [6.45, 7) is 5.47. The topological polar surface area (TPSA) is 97.6 Å². The van der Waals surface area contributed by atoms with E-state index in [2.05, 4.69) is 42.5 Å². The van der Waals surface area contributed by atoms with E-state index in [4.69, 9.17) is 9.15 Å². The molecule has 0 saturated heterocycles. The van der Waals surface area contributed by atoms with Gasteiger partial charge in [0, 0.05) is 4.47 Å². The normalized spacial score (nSPS) is 12.4. The van der Waals surface area contributed by atoms with Crippen molar-refractivity contribution in [2.45, 2.75) is 26.8 Å². The fourth-order valence-electron chi connectivity index (χ4n) is 2.45. The molecule has 1 heterocycles. The van der Waals surface area contributed by atoms with Crippen LogP contribution in [0.1, 0.15) is 36.9 Å². The third-order valence-electron chi connectivity index (χ3n) is 3.96. The Bertz CT molecular complexity index is 935. The second-order valence-corrected chi connectivity index (χ2v) is 8.31. The van der Waals surface area contributed by atoms with E-state index in [-0.39, 0.29) is 24.0 Å². The maximum Gasteiger partial charge on any atom is 0.328 e. The molecule has 1 atom stereocenters. The number of amides is 2. The van der Waals surface area contributed by atoms with Gasteiger partial charge in [0.05, 0.1) is 6.61 Å². The fourth-order valence-corrected chi connectivity index (χ4v) is 3.02. The average molecular weight is 542 g/mol. The molecule has 1 aromatic heterocycles. The van der Waals surface area contributed by atoms with E-state index >= 15 is 0 Å². The minimum absolute atomic E-state index is 0.0298. The second-order valence-electron chi connectivity index (χ2n) is 6.61. The van der Waals surface area contributed by atoms with Gasteiger partial charge < -0.3 is 19.8 Å². The fraction of sp³-hybridized carbons (Fsp3) is 0.286. The molecule has 7 nitrogen and oxygen atoms in total. The number of rotatable bonds is 8. The van der Waals surface area contributed by atoms with Crippen molar-refractivity contribution < 1.29 is 23.5 Å². The molecule has 30 heavy (non-hydrogen) atoms. The zero-order valence-corrected chi connectivity index (χ0v) is 19.9. The molecule has 9 heteroatoms. The molecule has 0 saturated carbocycles. The first-order valence-corrected chi connectivity index (χ1v) is 10.8. The van der Waals surface area contributed by atoms with Crippen molar-refractivity contribution in [1.29, 1.82) is 0 Å². The summed E-state index contributed by atoms with van der Waals surface area (Å²) in [7, 11) is 0. The number of halogens is 2. The van der Waals surface area contributed by atoms with Gasteiger partial charge in [0.2, 0.25) is 0 Å². The molecule has 2 N–H and O–H groups in total. The predicted molar refractivity (Wildman–Crippen MR) is 119 cm³/mol. The third-order valence-corrected chi connectivity index (χ3v) is 4.92. The Morgan fingerprint density at radius 2 is 1.77 bits per heavy atom. The maximum atomic E-state index is 13.0. The average Bonchev–Trinajstić information content (AvgIpc) is 3.13. The summed E-state index contributed by atoms with van der Waals surface area (Å²) >= 11 is 6.49. The Labute approximate surface area is 191 Å². The first kappa shape index (κ1) is 23.9. The van der Waals surface area contributed by atoms with Gasteiger partial charge >= 0.3 is 5.97 Å². The quantitative estimate of drug-likeness (QED) is 0.384. The van der Waals surface area contributed by atoms with Crippen LogP contribution in [0.25, 0.3) is 6.08 Å². The molecular formula is C21H22Br2N2O5. The van der Waals surface area contributed by atoms with Crippen molar-refractivity contribution in [1.82, 2.24) is 10.6 Å². The van der Waals surface area contributed by atoms with Crippen LogP contribution in [-0.4, -0.2) is 30.4 Å². The lowest BCUT2D eigenvalue weighted by atomic mass is 10.0. The molecule has 0 aliphatic rings. The first-order valence-electron chi connectivity index (χ1n) is 9.22. The molecule has 0 spiro atoms. The van der Waals surface area contributed by atoms with Gasteiger partial charge in [0.25, 0.3) is 11.8 Å². The number of nitrogens with one attached hydrogen (secondary N) is 2. The lowest BCUT2D eigenvalue weighted by Crippen LogP contribution is -2.47. The van der Waals surface area contributed by atoms with Gasteiger partial charge in [-0.25, -0.2) is 4.79 Å². The molecule has 0 aliphatic heterocycles. The molecule has 2 aromatic rings. The smallest absolute Gasteiger partial charge is 0.328 e. The van der Waals surface area contributed by atoms with E-state index in [0.717, 1.165) is 4.47 Å². The van der Waals surface area contributed by atoms with Gasteiger partial charge in [-0.05, 0) is 64.7 Å². The largest absolute Gasteiger partial charge is 0.464 e. The highest BCUT2D eigenvalue weighted by molar-refractivity contribution is 9.10. The minimum atomic E-state index is -0.861. The van der Waals surface area contributed by atoms with Gasteiger partial charge in [-0.3, -0.25) is 9.59 Å². The predicted octanol–water partition coefficient (Wildman–Crippen LogP) is 4.28. The Hall–Kier alpha value is -2.39. The lowest BCUT2D eigenvalue weighted by molar-refractivity contribution is -0.148. The molecule has 1 aromatic carbocycles. The van der Waals surface area contributed by atoms with E-state index in [0.29, 0.717) is 10.2 Å². The summed E-state index contributed by atoms with van der Waals surface area (Å²) in [5.74, 6) is -1.94. The van der Waals surface area contributed by atoms with E-state index in [9.17, 15) is 14.4 Å². The van der Waals surface area contributed by atoms with Crippen LogP contribution in [0.4, 0.5) is 0 Å². The zero-order chi connectivity index (χ0) is 22.3. The number of ether oxygens (including phenoxy) is 1. The van der Waals surface area contributed by atoms with Crippen LogP contribution in [0.3, 0.4) is 0 Å². The maximum absolute atomic E-state index is 13.0.